The van der Waals surface area contributed by atoms with E-state index in [1.54, 1.807) is 12.1 Å². The summed E-state index contributed by atoms with van der Waals surface area (Å²) in [4.78, 5) is 0. The second kappa shape index (κ2) is 6.22. The second-order valence-corrected chi connectivity index (χ2v) is 4.48. The molecular formula is C16H18O2. The SMILES string of the molecule is CC(Cc1ccc(O)cc1)OCc1ccccc1. The van der Waals surface area contributed by atoms with Crippen molar-refractivity contribution in [3.8, 4) is 5.75 Å². The number of hydrogen-bond donors (Lipinski definition) is 1. The summed E-state index contributed by atoms with van der Waals surface area (Å²) in [7, 11) is 0. The zero-order valence-electron chi connectivity index (χ0n) is 10.5. The van der Waals surface area contributed by atoms with Gasteiger partial charge in [0.2, 0.25) is 0 Å². The number of phenols is 1. The molecule has 2 heteroatoms. The summed E-state index contributed by atoms with van der Waals surface area (Å²) >= 11 is 0. The molecule has 0 fully saturated rings. The summed E-state index contributed by atoms with van der Waals surface area (Å²) in [5, 5.41) is 9.21. The zero-order valence-corrected chi connectivity index (χ0v) is 10.5. The highest BCUT2D eigenvalue weighted by molar-refractivity contribution is 5.26. The number of rotatable bonds is 5. The summed E-state index contributed by atoms with van der Waals surface area (Å²) in [6.07, 6.45) is 1.02. The van der Waals surface area contributed by atoms with Gasteiger partial charge in [-0.15, -0.1) is 0 Å². The van der Waals surface area contributed by atoms with Crippen molar-refractivity contribution >= 4 is 0 Å². The molecular weight excluding hydrogens is 224 g/mol. The minimum atomic E-state index is 0.162. The normalized spacial score (nSPS) is 12.3. The fourth-order valence-electron chi connectivity index (χ4n) is 1.84. The second-order valence-electron chi connectivity index (χ2n) is 4.48. The molecule has 0 amide bonds. The Balaban J connectivity index is 1.82. The van der Waals surface area contributed by atoms with E-state index >= 15 is 0 Å². The Morgan fingerprint density at radius 3 is 2.28 bits per heavy atom. The first kappa shape index (κ1) is 12.7. The fourth-order valence-corrected chi connectivity index (χ4v) is 1.84. The van der Waals surface area contributed by atoms with Crippen LogP contribution in [0.25, 0.3) is 0 Å². The van der Waals surface area contributed by atoms with Gasteiger partial charge in [0.05, 0.1) is 12.7 Å². The number of phenolic OH excluding ortho intramolecular Hbond substituents is 1. The van der Waals surface area contributed by atoms with Crippen molar-refractivity contribution < 1.29 is 9.84 Å². The fraction of sp³-hybridized carbons (Fsp3) is 0.250. The zero-order chi connectivity index (χ0) is 12.8. The molecule has 2 rings (SSSR count). The van der Waals surface area contributed by atoms with E-state index < -0.39 is 0 Å². The predicted octanol–water partition coefficient (Wildman–Crippen LogP) is 3.54. The highest BCUT2D eigenvalue weighted by Crippen LogP contribution is 2.13. The molecule has 0 aromatic heterocycles. The van der Waals surface area contributed by atoms with E-state index in [9.17, 15) is 5.11 Å². The molecule has 0 saturated carbocycles. The average molecular weight is 242 g/mol. The van der Waals surface area contributed by atoms with E-state index in [2.05, 4.69) is 19.1 Å². The van der Waals surface area contributed by atoms with Crippen molar-refractivity contribution in [2.45, 2.75) is 26.1 Å². The number of ether oxygens (including phenoxy) is 1. The van der Waals surface area contributed by atoms with Crippen molar-refractivity contribution in [1.29, 1.82) is 0 Å². The van der Waals surface area contributed by atoms with Crippen LogP contribution < -0.4 is 0 Å². The van der Waals surface area contributed by atoms with Crippen LogP contribution in [0.2, 0.25) is 0 Å². The Bertz CT molecular complexity index is 462. The first-order valence-corrected chi connectivity index (χ1v) is 6.17. The van der Waals surface area contributed by atoms with Gasteiger partial charge in [-0.3, -0.25) is 0 Å². The third-order valence-electron chi connectivity index (χ3n) is 2.84. The molecule has 1 atom stereocenters. The molecule has 2 aromatic rings. The number of aromatic hydroxyl groups is 1. The lowest BCUT2D eigenvalue weighted by Gasteiger charge is -2.13. The molecule has 2 aromatic carbocycles. The van der Waals surface area contributed by atoms with Gasteiger partial charge in [-0.2, -0.15) is 0 Å². The Hall–Kier alpha value is -1.80. The average Bonchev–Trinajstić information content (AvgIpc) is 2.40. The van der Waals surface area contributed by atoms with E-state index in [4.69, 9.17) is 4.74 Å². The third-order valence-corrected chi connectivity index (χ3v) is 2.84. The smallest absolute Gasteiger partial charge is 0.115 e. The highest BCUT2D eigenvalue weighted by atomic mass is 16.5. The summed E-state index contributed by atoms with van der Waals surface area (Å²) in [6, 6.07) is 17.4. The van der Waals surface area contributed by atoms with Gasteiger partial charge >= 0.3 is 0 Å². The van der Waals surface area contributed by atoms with Gasteiger partial charge in [0.25, 0.3) is 0 Å². The van der Waals surface area contributed by atoms with Gasteiger partial charge in [0.1, 0.15) is 5.75 Å². The predicted molar refractivity (Wildman–Crippen MR) is 72.5 cm³/mol. The van der Waals surface area contributed by atoms with Gasteiger partial charge in [0, 0.05) is 0 Å². The van der Waals surface area contributed by atoms with Crippen LogP contribution >= 0.6 is 0 Å². The molecule has 1 unspecified atom stereocenters. The maximum absolute atomic E-state index is 9.21. The van der Waals surface area contributed by atoms with E-state index in [0.29, 0.717) is 12.4 Å². The van der Waals surface area contributed by atoms with Crippen LogP contribution in [0, 0.1) is 0 Å². The van der Waals surface area contributed by atoms with Gasteiger partial charge in [-0.25, -0.2) is 0 Å². The lowest BCUT2D eigenvalue weighted by atomic mass is 10.1. The molecule has 18 heavy (non-hydrogen) atoms. The van der Waals surface area contributed by atoms with Gasteiger partial charge in [-0.1, -0.05) is 42.5 Å². The summed E-state index contributed by atoms with van der Waals surface area (Å²) in [6.45, 7) is 2.70. The molecule has 0 heterocycles. The summed E-state index contributed by atoms with van der Waals surface area (Å²) in [5.41, 5.74) is 2.36. The first-order valence-electron chi connectivity index (χ1n) is 6.17. The van der Waals surface area contributed by atoms with Crippen LogP contribution in [-0.4, -0.2) is 11.2 Å². The maximum Gasteiger partial charge on any atom is 0.115 e. The first-order chi connectivity index (χ1) is 8.74. The molecule has 1 N–H and O–H groups in total. The van der Waals surface area contributed by atoms with Gasteiger partial charge < -0.3 is 9.84 Å². The van der Waals surface area contributed by atoms with Gasteiger partial charge in [0.15, 0.2) is 0 Å². The van der Waals surface area contributed by atoms with E-state index in [-0.39, 0.29) is 6.10 Å². The minimum Gasteiger partial charge on any atom is -0.508 e. The van der Waals surface area contributed by atoms with Crippen LogP contribution in [0.1, 0.15) is 18.1 Å². The van der Waals surface area contributed by atoms with E-state index in [1.807, 2.05) is 30.3 Å². The number of hydrogen-bond acceptors (Lipinski definition) is 2. The molecule has 0 aliphatic carbocycles. The van der Waals surface area contributed by atoms with Crippen molar-refractivity contribution in [3.05, 3.63) is 65.7 Å². The Morgan fingerprint density at radius 2 is 1.61 bits per heavy atom. The van der Waals surface area contributed by atoms with Crippen LogP contribution in [0.5, 0.6) is 5.75 Å². The Labute approximate surface area is 108 Å². The van der Waals surface area contributed by atoms with Gasteiger partial charge in [-0.05, 0) is 36.6 Å². The highest BCUT2D eigenvalue weighted by Gasteiger charge is 2.04. The summed E-state index contributed by atoms with van der Waals surface area (Å²) in [5.74, 6) is 0.302. The summed E-state index contributed by atoms with van der Waals surface area (Å²) < 4.78 is 5.80. The molecule has 2 nitrogen and oxygen atoms in total. The molecule has 0 radical (unpaired) electrons. The van der Waals surface area contributed by atoms with Crippen molar-refractivity contribution in [2.75, 3.05) is 0 Å². The molecule has 0 bridgehead atoms. The standard InChI is InChI=1S/C16H18O2/c1-13(11-14-7-9-16(17)10-8-14)18-12-15-5-3-2-4-6-15/h2-10,13,17H,11-12H2,1H3. The van der Waals surface area contributed by atoms with Crippen LogP contribution in [-0.2, 0) is 17.8 Å². The minimum absolute atomic E-state index is 0.162. The molecule has 0 spiro atoms. The third kappa shape index (κ3) is 3.90. The molecule has 0 aliphatic heterocycles. The Kier molecular flexibility index (Phi) is 4.37. The number of benzene rings is 2. The van der Waals surface area contributed by atoms with Crippen LogP contribution in [0.3, 0.4) is 0 Å². The van der Waals surface area contributed by atoms with Crippen molar-refractivity contribution in [3.63, 3.8) is 0 Å². The van der Waals surface area contributed by atoms with Crippen molar-refractivity contribution in [2.24, 2.45) is 0 Å². The van der Waals surface area contributed by atoms with Crippen molar-refractivity contribution in [1.82, 2.24) is 0 Å². The molecule has 0 aliphatic rings. The topological polar surface area (TPSA) is 29.5 Å². The quantitative estimate of drug-likeness (QED) is 0.869. The lowest BCUT2D eigenvalue weighted by molar-refractivity contribution is 0.0535. The lowest BCUT2D eigenvalue weighted by Crippen LogP contribution is -2.11. The van der Waals surface area contributed by atoms with E-state index in [0.717, 1.165) is 6.42 Å². The Morgan fingerprint density at radius 1 is 0.944 bits per heavy atom. The van der Waals surface area contributed by atoms with Crippen LogP contribution in [0.4, 0.5) is 0 Å². The maximum atomic E-state index is 9.21. The molecule has 0 saturated heterocycles. The monoisotopic (exact) mass is 242 g/mol. The van der Waals surface area contributed by atoms with Crippen LogP contribution in [0.15, 0.2) is 54.6 Å². The van der Waals surface area contributed by atoms with E-state index in [1.165, 1.54) is 11.1 Å². The molecule has 94 valence electrons. The largest absolute Gasteiger partial charge is 0.508 e.